The van der Waals surface area contributed by atoms with Gasteiger partial charge in [-0.3, -0.25) is 4.90 Å². The Hall–Kier alpha value is -0.570. The van der Waals surface area contributed by atoms with Crippen LogP contribution in [0.1, 0.15) is 38.2 Å². The zero-order valence-corrected chi connectivity index (χ0v) is 12.6. The smallest absolute Gasteiger partial charge is 0.0409 e. The van der Waals surface area contributed by atoms with Crippen molar-refractivity contribution in [2.24, 2.45) is 11.7 Å². The largest absolute Gasteiger partial charge is 0.328 e. The summed E-state index contributed by atoms with van der Waals surface area (Å²) in [5, 5.41) is 0.836. The Kier molecular flexibility index (Phi) is 5.68. The molecule has 2 nitrogen and oxygen atoms in total. The second-order valence-electron chi connectivity index (χ2n) is 5.93. The van der Waals surface area contributed by atoms with Crippen LogP contribution in [0.5, 0.6) is 0 Å². The molecule has 0 bridgehead atoms. The lowest BCUT2D eigenvalue weighted by molar-refractivity contribution is 0.159. The van der Waals surface area contributed by atoms with E-state index in [1.165, 1.54) is 37.9 Å². The molecule has 106 valence electrons. The van der Waals surface area contributed by atoms with Crippen LogP contribution in [0, 0.1) is 5.92 Å². The first-order chi connectivity index (χ1) is 9.13. The van der Waals surface area contributed by atoms with Crippen molar-refractivity contribution in [1.82, 2.24) is 4.90 Å². The summed E-state index contributed by atoms with van der Waals surface area (Å²) in [5.41, 5.74) is 7.18. The molecular weight excluding hydrogens is 256 g/mol. The van der Waals surface area contributed by atoms with Crippen molar-refractivity contribution in [3.63, 3.8) is 0 Å². The topological polar surface area (TPSA) is 29.3 Å². The molecule has 1 aliphatic rings. The lowest BCUT2D eigenvalue weighted by atomic mass is 9.92. The first kappa shape index (κ1) is 14.8. The second-order valence-corrected chi connectivity index (χ2v) is 6.36. The van der Waals surface area contributed by atoms with Crippen molar-refractivity contribution < 1.29 is 0 Å². The van der Waals surface area contributed by atoms with E-state index in [-0.39, 0.29) is 0 Å². The number of piperidine rings is 1. The van der Waals surface area contributed by atoms with Crippen LogP contribution in [0.25, 0.3) is 0 Å². The van der Waals surface area contributed by atoms with Gasteiger partial charge >= 0.3 is 0 Å². The first-order valence-corrected chi connectivity index (χ1v) is 7.73. The number of hydrogen-bond acceptors (Lipinski definition) is 2. The highest BCUT2D eigenvalue weighted by Gasteiger charge is 2.20. The summed E-state index contributed by atoms with van der Waals surface area (Å²) >= 11 is 6.04. The number of likely N-dealkylation sites (tertiary alicyclic amines) is 1. The van der Waals surface area contributed by atoms with Crippen LogP contribution in [-0.4, -0.2) is 24.0 Å². The van der Waals surface area contributed by atoms with E-state index < -0.39 is 0 Å². The van der Waals surface area contributed by atoms with Gasteiger partial charge in [-0.1, -0.05) is 23.7 Å². The average molecular weight is 281 g/mol. The first-order valence-electron chi connectivity index (χ1n) is 7.36. The predicted molar refractivity (Wildman–Crippen MR) is 82.3 cm³/mol. The highest BCUT2D eigenvalue weighted by atomic mass is 35.5. The number of benzene rings is 1. The third-order valence-electron chi connectivity index (χ3n) is 3.93. The van der Waals surface area contributed by atoms with E-state index in [2.05, 4.69) is 24.0 Å². The predicted octanol–water partition coefficient (Wildman–Crippen LogP) is 3.68. The Labute approximate surface area is 121 Å². The molecule has 0 spiro atoms. The summed E-state index contributed by atoms with van der Waals surface area (Å²) in [7, 11) is 0. The van der Waals surface area contributed by atoms with E-state index >= 15 is 0 Å². The number of hydrogen-bond donors (Lipinski definition) is 1. The van der Waals surface area contributed by atoms with Crippen LogP contribution in [0.3, 0.4) is 0 Å². The number of rotatable bonds is 5. The van der Waals surface area contributed by atoms with Crippen LogP contribution >= 0.6 is 11.6 Å². The van der Waals surface area contributed by atoms with Gasteiger partial charge in [0.05, 0.1) is 0 Å². The highest BCUT2D eigenvalue weighted by molar-refractivity contribution is 6.30. The fraction of sp³-hybridized carbons (Fsp3) is 0.625. The van der Waals surface area contributed by atoms with Gasteiger partial charge in [-0.2, -0.15) is 0 Å². The fourth-order valence-electron chi connectivity index (χ4n) is 2.92. The van der Waals surface area contributed by atoms with E-state index in [1.54, 1.807) is 0 Å². The molecule has 0 radical (unpaired) electrons. The van der Waals surface area contributed by atoms with Crippen LogP contribution < -0.4 is 5.73 Å². The molecular formula is C16H25ClN2. The fourth-order valence-corrected chi connectivity index (χ4v) is 3.14. The van der Waals surface area contributed by atoms with Gasteiger partial charge in [-0.05, 0) is 62.8 Å². The Morgan fingerprint density at radius 3 is 3.05 bits per heavy atom. The van der Waals surface area contributed by atoms with E-state index in [0.717, 1.165) is 23.9 Å². The molecule has 1 aromatic carbocycles. The Morgan fingerprint density at radius 2 is 2.32 bits per heavy atom. The standard InChI is InChI=1S/C16H25ClN2/c1-13(18)7-8-14-5-3-9-19(11-14)12-15-4-2-6-16(17)10-15/h2,4,6,10,13-14H,3,5,7-9,11-12,18H2,1H3. The van der Waals surface area contributed by atoms with Gasteiger partial charge < -0.3 is 5.73 Å². The summed E-state index contributed by atoms with van der Waals surface area (Å²) in [6.45, 7) is 5.54. The average Bonchev–Trinajstić information content (AvgIpc) is 2.37. The molecule has 1 aliphatic heterocycles. The summed E-state index contributed by atoms with van der Waals surface area (Å²) < 4.78 is 0. The van der Waals surface area contributed by atoms with E-state index in [1.807, 2.05) is 12.1 Å². The van der Waals surface area contributed by atoms with E-state index in [9.17, 15) is 0 Å². The SMILES string of the molecule is CC(N)CCC1CCCN(Cc2cccc(Cl)c2)C1. The third-order valence-corrected chi connectivity index (χ3v) is 4.16. The molecule has 1 heterocycles. The van der Waals surface area contributed by atoms with Gasteiger partial charge in [0.1, 0.15) is 0 Å². The lowest BCUT2D eigenvalue weighted by Crippen LogP contribution is -2.35. The van der Waals surface area contributed by atoms with Gasteiger partial charge in [0.15, 0.2) is 0 Å². The quantitative estimate of drug-likeness (QED) is 0.891. The van der Waals surface area contributed by atoms with Crippen LogP contribution in [0.2, 0.25) is 5.02 Å². The van der Waals surface area contributed by atoms with Crippen LogP contribution in [-0.2, 0) is 6.54 Å². The van der Waals surface area contributed by atoms with Crippen molar-refractivity contribution in [3.8, 4) is 0 Å². The summed E-state index contributed by atoms with van der Waals surface area (Å²) in [6, 6.07) is 8.55. The monoisotopic (exact) mass is 280 g/mol. The van der Waals surface area contributed by atoms with E-state index in [0.29, 0.717) is 6.04 Å². The minimum absolute atomic E-state index is 0.336. The van der Waals surface area contributed by atoms with Crippen molar-refractivity contribution in [1.29, 1.82) is 0 Å². The summed E-state index contributed by atoms with van der Waals surface area (Å²) in [4.78, 5) is 2.56. The Bertz CT molecular complexity index is 392. The molecule has 1 fully saturated rings. The Morgan fingerprint density at radius 1 is 1.47 bits per heavy atom. The minimum atomic E-state index is 0.336. The van der Waals surface area contributed by atoms with Gasteiger partial charge in [-0.25, -0.2) is 0 Å². The molecule has 1 aromatic rings. The number of nitrogens with two attached hydrogens (primary N) is 1. The number of nitrogens with zero attached hydrogens (tertiary/aromatic N) is 1. The van der Waals surface area contributed by atoms with E-state index in [4.69, 9.17) is 17.3 Å². The molecule has 1 saturated heterocycles. The van der Waals surface area contributed by atoms with Gasteiger partial charge in [0.2, 0.25) is 0 Å². The van der Waals surface area contributed by atoms with Crippen molar-refractivity contribution in [2.75, 3.05) is 13.1 Å². The summed E-state index contributed by atoms with van der Waals surface area (Å²) in [6.07, 6.45) is 5.09. The van der Waals surface area contributed by atoms with Crippen molar-refractivity contribution in [3.05, 3.63) is 34.9 Å². The molecule has 2 rings (SSSR count). The van der Waals surface area contributed by atoms with Crippen molar-refractivity contribution >= 4 is 11.6 Å². The molecule has 3 heteroatoms. The van der Waals surface area contributed by atoms with Gasteiger partial charge in [0, 0.05) is 24.2 Å². The van der Waals surface area contributed by atoms with Crippen molar-refractivity contribution in [2.45, 2.75) is 45.2 Å². The molecule has 2 N–H and O–H groups in total. The van der Waals surface area contributed by atoms with Gasteiger partial charge in [-0.15, -0.1) is 0 Å². The third kappa shape index (κ3) is 5.13. The zero-order valence-electron chi connectivity index (χ0n) is 11.8. The minimum Gasteiger partial charge on any atom is -0.328 e. The molecule has 19 heavy (non-hydrogen) atoms. The molecule has 2 unspecified atom stereocenters. The number of halogens is 1. The van der Waals surface area contributed by atoms with Gasteiger partial charge in [0.25, 0.3) is 0 Å². The highest BCUT2D eigenvalue weighted by Crippen LogP contribution is 2.23. The second kappa shape index (κ2) is 7.28. The molecule has 0 aromatic heterocycles. The normalized spacial score (nSPS) is 22.4. The summed E-state index contributed by atoms with van der Waals surface area (Å²) in [5.74, 6) is 0.818. The molecule has 0 amide bonds. The maximum Gasteiger partial charge on any atom is 0.0409 e. The maximum atomic E-state index is 6.04. The molecule has 2 atom stereocenters. The van der Waals surface area contributed by atoms with Crippen LogP contribution in [0.4, 0.5) is 0 Å². The lowest BCUT2D eigenvalue weighted by Gasteiger charge is -2.33. The zero-order chi connectivity index (χ0) is 13.7. The van der Waals surface area contributed by atoms with Crippen LogP contribution in [0.15, 0.2) is 24.3 Å². The molecule has 0 aliphatic carbocycles. The Balaban J connectivity index is 1.83. The molecule has 0 saturated carbocycles. The maximum absolute atomic E-state index is 6.04.